The fraction of sp³-hybridized carbons (Fsp3) is 0.844. The maximum atomic E-state index is 15.9. The highest BCUT2D eigenvalue weighted by Gasteiger charge is 2.60. The quantitative estimate of drug-likeness (QED) is 0.190. The number of carbonyl (C=O) groups excluding carboxylic acids is 12. The Hall–Kier alpha value is -7.04. The van der Waals surface area contributed by atoms with Crippen LogP contribution in [-0.4, -0.2) is 315 Å². The predicted octanol–water partition coefficient (Wildman–Crippen LogP) is 5.58. The van der Waals surface area contributed by atoms with E-state index in [1.165, 1.54) is 64.1 Å². The molecular formula is C77H120F8N12O15. The summed E-state index contributed by atoms with van der Waals surface area (Å²) in [6.45, 7) is 6.97. The van der Waals surface area contributed by atoms with Crippen LogP contribution in [0.5, 0.6) is 0 Å². The number of rotatable bonds is 13. The fourth-order valence-corrected chi connectivity index (χ4v) is 18.6. The number of halogens is 8. The second-order valence-electron chi connectivity index (χ2n) is 33.7. The van der Waals surface area contributed by atoms with Gasteiger partial charge >= 0.3 is 12.4 Å². The van der Waals surface area contributed by atoms with E-state index in [4.69, 9.17) is 14.2 Å². The highest BCUT2D eigenvalue weighted by atomic mass is 19.4. The van der Waals surface area contributed by atoms with E-state index in [1.54, 1.807) is 20.8 Å². The van der Waals surface area contributed by atoms with E-state index in [1.807, 2.05) is 13.8 Å². The Kier molecular flexibility index (Phi) is 31.2. The van der Waals surface area contributed by atoms with Gasteiger partial charge in [-0.3, -0.25) is 57.5 Å². The van der Waals surface area contributed by atoms with Crippen LogP contribution in [0.15, 0.2) is 0 Å². The molecule has 2 unspecified atom stereocenters. The predicted molar refractivity (Wildman–Crippen MR) is 391 cm³/mol. The molecule has 2 bridgehead atoms. The van der Waals surface area contributed by atoms with E-state index in [0.717, 1.165) is 29.4 Å². The standard InChI is InChI=1S/C77H120F8N12O15/c1-13-45(3)63-71(107)90(7)41-61(100)91(8)54-22-16-15-19-29-96(70(54)106)57(36-46-23-26-49(27-24-46)76(80,81)82)68(104)89(6)40-59(98)86-53(28-25-47-34-51(78)62(52(79)35-47)77(83,84)85)67(103)97-39-50(112-14-2)37-55(97)66(102)88-75(43-74(4,5)44-75)73(109)94(11)64(48-20-17-18-21-48)72(108)93(10)56(69(105)95-30-32-111-33-31-95)38-60(99)92(9)58(42-110-12)65(101)87-63/h45-58,62-64H,13-44H2,1-12H3,(H,86,98)(H,87,101)(H,88,102)/t45-,46?,47?,49?,50+,51?,52?,53-,54-,55-,56-,57-,58-,62?,63-,64-/m0/s1. The van der Waals surface area contributed by atoms with Gasteiger partial charge in [-0.2, -0.15) is 26.3 Å². The lowest BCUT2D eigenvalue weighted by Gasteiger charge is -2.54. The van der Waals surface area contributed by atoms with Gasteiger partial charge in [0.1, 0.15) is 72.1 Å². The van der Waals surface area contributed by atoms with Gasteiger partial charge in [-0.05, 0) is 132 Å². The van der Waals surface area contributed by atoms with E-state index in [9.17, 15) is 45.5 Å². The Morgan fingerprint density at radius 2 is 1.23 bits per heavy atom. The number of amides is 12. The summed E-state index contributed by atoms with van der Waals surface area (Å²) in [6, 6.07) is -11.7. The van der Waals surface area contributed by atoms with Crippen molar-refractivity contribution >= 4 is 70.9 Å². The topological polar surface area (TPSA) is 298 Å². The van der Waals surface area contributed by atoms with Crippen LogP contribution in [-0.2, 0) is 71.7 Å². The van der Waals surface area contributed by atoms with Crippen molar-refractivity contribution < 1.29 is 107 Å². The van der Waals surface area contributed by atoms with Crippen molar-refractivity contribution in [2.45, 2.75) is 261 Å². The zero-order valence-corrected chi connectivity index (χ0v) is 67.1. The van der Waals surface area contributed by atoms with Gasteiger partial charge in [0.15, 0.2) is 0 Å². The lowest BCUT2D eigenvalue weighted by molar-refractivity contribution is -0.219. The molecule has 0 aromatic carbocycles. The molecule has 1 spiro atoms. The third-order valence-corrected chi connectivity index (χ3v) is 25.1. The summed E-state index contributed by atoms with van der Waals surface area (Å²) in [5.74, 6) is -17.1. The van der Waals surface area contributed by atoms with E-state index in [0.29, 0.717) is 51.4 Å². The number of morpholine rings is 1. The third kappa shape index (κ3) is 21.7. The van der Waals surface area contributed by atoms with Gasteiger partial charge in [0.05, 0.1) is 51.4 Å². The van der Waals surface area contributed by atoms with Gasteiger partial charge in [0.2, 0.25) is 70.9 Å². The SMILES string of the molecule is CCO[C@@H]1C[C@H]2C(=O)NC3(CC(C)(C)C3)C(=O)N(C)[C@@H](C3CCCC3)C(=O)N(C)[C@H](C(=O)N3CCOCC3)CC(=O)N(C)[C@@H](COC)C(=O)N[C@@H]([C@@H](C)CC)C(=O)N(C)CC(=O)N(C)[C@H]3CCCCCN(C3=O)[C@@H](CC3CCC(C(F)(F)F)CC3)C(=O)N(C)CC(=O)N[C@@H](CCC3CC(F)C(C(F)(F)F)C(F)C3)C(=O)N2C1. The zero-order valence-electron chi connectivity index (χ0n) is 67.1. The highest BCUT2D eigenvalue weighted by molar-refractivity contribution is 6.01. The van der Waals surface area contributed by atoms with Crippen molar-refractivity contribution in [1.29, 1.82) is 0 Å². The Labute approximate surface area is 652 Å². The molecule has 4 heterocycles. The molecule has 8 aliphatic rings. The number of nitrogens with one attached hydrogen (secondary N) is 3. The molecule has 4 saturated heterocycles. The lowest BCUT2D eigenvalue weighted by Crippen LogP contribution is -2.71. The monoisotopic (exact) mass is 1600 g/mol. The summed E-state index contributed by atoms with van der Waals surface area (Å²) < 4.78 is 133. The van der Waals surface area contributed by atoms with Gasteiger partial charge in [-0.25, -0.2) is 8.78 Å². The number of ether oxygens (including phenoxy) is 3. The summed E-state index contributed by atoms with van der Waals surface area (Å²) in [5, 5.41) is 8.42. The van der Waals surface area contributed by atoms with E-state index in [2.05, 4.69) is 16.0 Å². The average Bonchev–Trinajstić information content (AvgIpc) is 0.932. The number of methoxy groups -OCH3 is 1. The Bertz CT molecular complexity index is 3320. The maximum Gasteiger partial charge on any atom is 0.397 e. The molecule has 8 fully saturated rings. The van der Waals surface area contributed by atoms with E-state index in [-0.39, 0.29) is 110 Å². The molecule has 112 heavy (non-hydrogen) atoms. The van der Waals surface area contributed by atoms with Gasteiger partial charge in [-0.1, -0.05) is 59.8 Å². The average molecular weight is 1610 g/mol. The summed E-state index contributed by atoms with van der Waals surface area (Å²) >= 11 is 0. The first-order valence-electron chi connectivity index (χ1n) is 40.0. The summed E-state index contributed by atoms with van der Waals surface area (Å²) in [6.07, 6.45) is -16.2. The molecule has 12 atom stereocenters. The van der Waals surface area contributed by atoms with Gasteiger partial charge in [-0.15, -0.1) is 0 Å². The molecule has 0 aromatic heterocycles. The Morgan fingerprint density at radius 1 is 0.616 bits per heavy atom. The van der Waals surface area contributed by atoms with Crippen molar-refractivity contribution in [2.75, 3.05) is 115 Å². The van der Waals surface area contributed by atoms with Crippen molar-refractivity contribution in [3.05, 3.63) is 0 Å². The summed E-state index contributed by atoms with van der Waals surface area (Å²) in [5.41, 5.74) is -2.40. The minimum Gasteiger partial charge on any atom is -0.382 e. The molecule has 634 valence electrons. The number of likely N-dealkylation sites (N-methyl/N-ethyl adjacent to an activating group) is 6. The first-order valence-corrected chi connectivity index (χ1v) is 40.0. The number of hydrogen-bond donors (Lipinski definition) is 3. The molecule has 8 rings (SSSR count). The first kappa shape index (κ1) is 90.5. The van der Waals surface area contributed by atoms with Crippen LogP contribution < -0.4 is 16.0 Å². The molecule has 0 radical (unpaired) electrons. The number of carbonyl (C=O) groups is 12. The number of fused-ring (bicyclic) bond motifs is 3. The first-order chi connectivity index (χ1) is 52.6. The number of nitrogens with zero attached hydrogens (tertiary/aromatic N) is 9. The second kappa shape index (κ2) is 38.6. The van der Waals surface area contributed by atoms with Gasteiger partial charge in [0, 0.05) is 88.6 Å². The minimum atomic E-state index is -5.22. The van der Waals surface area contributed by atoms with Crippen LogP contribution in [0.25, 0.3) is 0 Å². The van der Waals surface area contributed by atoms with Crippen LogP contribution in [0, 0.1) is 40.9 Å². The molecule has 27 nitrogen and oxygen atoms in total. The fourth-order valence-electron chi connectivity index (χ4n) is 18.6. The molecule has 4 saturated carbocycles. The third-order valence-electron chi connectivity index (χ3n) is 25.1. The molecule has 4 aliphatic heterocycles. The highest BCUT2D eigenvalue weighted by Crippen LogP contribution is 2.50. The summed E-state index contributed by atoms with van der Waals surface area (Å²) in [7, 11) is 9.24. The van der Waals surface area contributed by atoms with Crippen molar-refractivity contribution in [3.8, 4) is 0 Å². The van der Waals surface area contributed by atoms with Crippen LogP contribution in [0.2, 0.25) is 0 Å². The van der Waals surface area contributed by atoms with Gasteiger partial charge in [0.25, 0.3) is 0 Å². The minimum absolute atomic E-state index is 0.0000561. The van der Waals surface area contributed by atoms with Crippen LogP contribution >= 0.6 is 0 Å². The largest absolute Gasteiger partial charge is 0.397 e. The molecule has 35 heteroatoms. The van der Waals surface area contributed by atoms with Crippen molar-refractivity contribution in [1.82, 2.24) is 60.0 Å². The smallest absolute Gasteiger partial charge is 0.382 e. The molecule has 3 N–H and O–H groups in total. The molecule has 0 aromatic rings. The lowest BCUT2D eigenvalue weighted by atomic mass is 9.58. The molecular weight excluding hydrogens is 1480 g/mol. The summed E-state index contributed by atoms with van der Waals surface area (Å²) in [4.78, 5) is 194. The number of hydrogen-bond acceptors (Lipinski definition) is 15. The molecule has 4 aliphatic carbocycles. The van der Waals surface area contributed by atoms with Crippen molar-refractivity contribution in [3.63, 3.8) is 0 Å². The number of alkyl halides is 8. The zero-order chi connectivity index (χ0) is 82.8. The Morgan fingerprint density at radius 3 is 1.81 bits per heavy atom. The van der Waals surface area contributed by atoms with E-state index >= 15 is 47.1 Å². The molecule has 12 amide bonds. The normalized spacial score (nSPS) is 32.4. The Balaban J connectivity index is 1.22. The van der Waals surface area contributed by atoms with Crippen LogP contribution in [0.3, 0.4) is 0 Å². The van der Waals surface area contributed by atoms with Gasteiger partial charge < -0.3 is 74.3 Å². The maximum absolute atomic E-state index is 15.9. The van der Waals surface area contributed by atoms with E-state index < -0.39 is 242 Å². The van der Waals surface area contributed by atoms with Crippen molar-refractivity contribution in [2.24, 2.45) is 40.9 Å². The van der Waals surface area contributed by atoms with Crippen LogP contribution in [0.4, 0.5) is 35.1 Å². The second-order valence-corrected chi connectivity index (χ2v) is 33.7. The van der Waals surface area contributed by atoms with Crippen LogP contribution in [0.1, 0.15) is 176 Å².